The average Bonchev–Trinajstić information content (AvgIpc) is 3.03. The predicted molar refractivity (Wildman–Crippen MR) is 82.4 cm³/mol. The first-order valence-electron chi connectivity index (χ1n) is 7.55. The number of amides is 1. The van der Waals surface area contributed by atoms with Crippen LogP contribution in [0.4, 0.5) is 0 Å². The van der Waals surface area contributed by atoms with Crippen LogP contribution in [0.3, 0.4) is 0 Å². The summed E-state index contributed by atoms with van der Waals surface area (Å²) in [6, 6.07) is 11.8. The van der Waals surface area contributed by atoms with Gasteiger partial charge in [-0.15, -0.1) is 0 Å². The van der Waals surface area contributed by atoms with Crippen molar-refractivity contribution in [2.45, 2.75) is 25.4 Å². The van der Waals surface area contributed by atoms with Gasteiger partial charge in [0, 0.05) is 31.6 Å². The molecular weight excluding hydrogens is 278 g/mol. The van der Waals surface area contributed by atoms with E-state index in [9.17, 15) is 4.79 Å². The van der Waals surface area contributed by atoms with Crippen LogP contribution in [-0.4, -0.2) is 40.0 Å². The van der Waals surface area contributed by atoms with Crippen LogP contribution in [0.1, 0.15) is 18.4 Å². The van der Waals surface area contributed by atoms with E-state index in [0.717, 1.165) is 19.4 Å². The van der Waals surface area contributed by atoms with Gasteiger partial charge in [0.1, 0.15) is 12.4 Å². The Morgan fingerprint density at radius 2 is 2.14 bits per heavy atom. The van der Waals surface area contributed by atoms with Gasteiger partial charge in [0.15, 0.2) is 0 Å². The van der Waals surface area contributed by atoms with Crippen LogP contribution in [0.2, 0.25) is 0 Å². The van der Waals surface area contributed by atoms with Crippen LogP contribution < -0.4 is 4.74 Å². The fourth-order valence-electron chi connectivity index (χ4n) is 2.62. The number of ether oxygens (including phenoxy) is 1. The minimum atomic E-state index is 0.0237. The van der Waals surface area contributed by atoms with Crippen LogP contribution in [0.25, 0.3) is 0 Å². The summed E-state index contributed by atoms with van der Waals surface area (Å²) in [4.78, 5) is 22.1. The molecule has 1 aromatic heterocycles. The Bertz CT molecular complexity index is 604. The fraction of sp³-hybridized carbons (Fsp3) is 0.353. The molecule has 0 spiro atoms. The Balaban J connectivity index is 1.46. The Hall–Kier alpha value is -2.43. The molecule has 1 unspecified atom stereocenters. The van der Waals surface area contributed by atoms with Gasteiger partial charge in [-0.05, 0) is 12.0 Å². The van der Waals surface area contributed by atoms with Crippen molar-refractivity contribution in [3.8, 4) is 5.88 Å². The minimum Gasteiger partial charge on any atom is -0.472 e. The summed E-state index contributed by atoms with van der Waals surface area (Å²) in [5.74, 6) is 0.760. The van der Waals surface area contributed by atoms with E-state index in [2.05, 4.69) is 22.1 Å². The largest absolute Gasteiger partial charge is 0.472 e. The second-order valence-corrected chi connectivity index (χ2v) is 5.40. The molecule has 114 valence electrons. The monoisotopic (exact) mass is 297 g/mol. The minimum absolute atomic E-state index is 0.0237. The highest BCUT2D eigenvalue weighted by molar-refractivity contribution is 5.76. The summed E-state index contributed by atoms with van der Waals surface area (Å²) in [5, 5.41) is 0. The predicted octanol–water partition coefficient (Wildman–Crippen LogP) is 2.09. The maximum atomic E-state index is 12.3. The van der Waals surface area contributed by atoms with E-state index >= 15 is 0 Å². The SMILES string of the molecule is O=C(CCc1ccccc1)N1CCC(Oc2ccncn2)C1. The van der Waals surface area contributed by atoms with Crippen molar-refractivity contribution < 1.29 is 9.53 Å². The molecule has 0 bridgehead atoms. The molecular formula is C17H19N3O2. The molecule has 1 fully saturated rings. The zero-order chi connectivity index (χ0) is 15.2. The number of hydrogen-bond acceptors (Lipinski definition) is 4. The summed E-state index contributed by atoms with van der Waals surface area (Å²) in [7, 11) is 0. The van der Waals surface area contributed by atoms with Crippen molar-refractivity contribution in [1.82, 2.24) is 14.9 Å². The van der Waals surface area contributed by atoms with Gasteiger partial charge in [-0.1, -0.05) is 30.3 Å². The van der Waals surface area contributed by atoms with Gasteiger partial charge in [0.2, 0.25) is 11.8 Å². The van der Waals surface area contributed by atoms with Gasteiger partial charge in [-0.3, -0.25) is 4.79 Å². The maximum absolute atomic E-state index is 12.3. The first kappa shape index (κ1) is 14.5. The second kappa shape index (κ2) is 7.02. The first-order valence-corrected chi connectivity index (χ1v) is 7.55. The average molecular weight is 297 g/mol. The molecule has 0 saturated carbocycles. The van der Waals surface area contributed by atoms with Crippen molar-refractivity contribution in [3.63, 3.8) is 0 Å². The number of carbonyl (C=O) groups excluding carboxylic acids is 1. The number of aromatic nitrogens is 2. The molecule has 0 N–H and O–H groups in total. The molecule has 1 amide bonds. The van der Waals surface area contributed by atoms with Gasteiger partial charge in [0.25, 0.3) is 0 Å². The second-order valence-electron chi connectivity index (χ2n) is 5.40. The topological polar surface area (TPSA) is 55.3 Å². The molecule has 2 heterocycles. The van der Waals surface area contributed by atoms with Crippen molar-refractivity contribution in [2.24, 2.45) is 0 Å². The molecule has 1 saturated heterocycles. The van der Waals surface area contributed by atoms with Crippen LogP contribution >= 0.6 is 0 Å². The number of carbonyl (C=O) groups is 1. The lowest BCUT2D eigenvalue weighted by molar-refractivity contribution is -0.130. The summed E-state index contributed by atoms with van der Waals surface area (Å²) in [6.07, 6.45) is 5.32. The summed E-state index contributed by atoms with van der Waals surface area (Å²) in [5.41, 5.74) is 1.20. The molecule has 1 aromatic carbocycles. The van der Waals surface area contributed by atoms with Crippen molar-refractivity contribution in [1.29, 1.82) is 0 Å². The fourth-order valence-corrected chi connectivity index (χ4v) is 2.62. The number of rotatable bonds is 5. The molecule has 5 nitrogen and oxygen atoms in total. The van der Waals surface area contributed by atoms with Gasteiger partial charge in [-0.2, -0.15) is 0 Å². The third kappa shape index (κ3) is 3.81. The maximum Gasteiger partial charge on any atom is 0.223 e. The molecule has 1 aliphatic heterocycles. The molecule has 22 heavy (non-hydrogen) atoms. The lowest BCUT2D eigenvalue weighted by Gasteiger charge is -2.17. The molecule has 1 aliphatic rings. The Kier molecular flexibility index (Phi) is 4.63. The van der Waals surface area contributed by atoms with E-state index in [1.807, 2.05) is 23.1 Å². The Morgan fingerprint density at radius 3 is 2.91 bits per heavy atom. The molecule has 5 heteroatoms. The van der Waals surface area contributed by atoms with Crippen molar-refractivity contribution in [3.05, 3.63) is 54.5 Å². The summed E-state index contributed by atoms with van der Waals surface area (Å²) < 4.78 is 5.77. The zero-order valence-electron chi connectivity index (χ0n) is 12.4. The summed E-state index contributed by atoms with van der Waals surface area (Å²) in [6.45, 7) is 1.39. The van der Waals surface area contributed by atoms with Crippen LogP contribution in [0, 0.1) is 0 Å². The van der Waals surface area contributed by atoms with E-state index < -0.39 is 0 Å². The number of benzene rings is 1. The number of likely N-dealkylation sites (tertiary alicyclic amines) is 1. The number of hydrogen-bond donors (Lipinski definition) is 0. The summed E-state index contributed by atoms with van der Waals surface area (Å²) >= 11 is 0. The van der Waals surface area contributed by atoms with Crippen LogP contribution in [0.15, 0.2) is 48.9 Å². The van der Waals surface area contributed by atoms with E-state index in [-0.39, 0.29) is 12.0 Å². The molecule has 0 radical (unpaired) electrons. The third-order valence-corrected chi connectivity index (χ3v) is 3.81. The quantitative estimate of drug-likeness (QED) is 0.848. The highest BCUT2D eigenvalue weighted by Crippen LogP contribution is 2.17. The van der Waals surface area contributed by atoms with E-state index in [0.29, 0.717) is 18.8 Å². The lowest BCUT2D eigenvalue weighted by Crippen LogP contribution is -2.31. The van der Waals surface area contributed by atoms with Crippen molar-refractivity contribution >= 4 is 5.91 Å². The normalized spacial score (nSPS) is 17.5. The standard InChI is InChI=1S/C17H19N3O2/c21-17(7-6-14-4-2-1-3-5-14)20-11-9-15(12-20)22-16-8-10-18-13-19-16/h1-5,8,10,13,15H,6-7,9,11-12H2. The zero-order valence-corrected chi connectivity index (χ0v) is 12.4. The van der Waals surface area contributed by atoms with Gasteiger partial charge in [0.05, 0.1) is 6.54 Å². The van der Waals surface area contributed by atoms with Crippen LogP contribution in [-0.2, 0) is 11.2 Å². The molecule has 1 atom stereocenters. The number of nitrogens with zero attached hydrogens (tertiary/aromatic N) is 3. The molecule has 0 aliphatic carbocycles. The molecule has 2 aromatic rings. The Morgan fingerprint density at radius 1 is 1.27 bits per heavy atom. The van der Waals surface area contributed by atoms with Gasteiger partial charge in [-0.25, -0.2) is 9.97 Å². The third-order valence-electron chi connectivity index (χ3n) is 3.81. The van der Waals surface area contributed by atoms with E-state index in [1.165, 1.54) is 11.9 Å². The number of aryl methyl sites for hydroxylation is 1. The highest BCUT2D eigenvalue weighted by Gasteiger charge is 2.27. The lowest BCUT2D eigenvalue weighted by atomic mass is 10.1. The van der Waals surface area contributed by atoms with Gasteiger partial charge >= 0.3 is 0 Å². The smallest absolute Gasteiger partial charge is 0.223 e. The van der Waals surface area contributed by atoms with E-state index in [1.54, 1.807) is 12.3 Å². The molecule has 3 rings (SSSR count). The van der Waals surface area contributed by atoms with Crippen LogP contribution in [0.5, 0.6) is 5.88 Å². The highest BCUT2D eigenvalue weighted by atomic mass is 16.5. The first-order chi connectivity index (χ1) is 10.8. The Labute approximate surface area is 130 Å². The van der Waals surface area contributed by atoms with Gasteiger partial charge < -0.3 is 9.64 Å². The van der Waals surface area contributed by atoms with Crippen molar-refractivity contribution in [2.75, 3.05) is 13.1 Å². The van der Waals surface area contributed by atoms with E-state index in [4.69, 9.17) is 4.74 Å².